The molecule has 1 aromatic heterocycles. The predicted molar refractivity (Wildman–Crippen MR) is 98.2 cm³/mol. The van der Waals surface area contributed by atoms with Gasteiger partial charge >= 0.3 is 14.2 Å². The van der Waals surface area contributed by atoms with Gasteiger partial charge in [0.05, 0.1) is 24.8 Å². The maximum atomic E-state index is 12.5. The smallest absolute Gasteiger partial charge is 0.488 e. The molecule has 2 heterocycles. The number of carbonyl (C=O) groups excluding carboxylic acids is 2. The molecule has 0 aromatic carbocycles. The van der Waals surface area contributed by atoms with Crippen LogP contribution in [0.1, 0.15) is 45.7 Å². The predicted octanol–water partition coefficient (Wildman–Crippen LogP) is 1.95. The van der Waals surface area contributed by atoms with E-state index in [2.05, 4.69) is 9.62 Å². The van der Waals surface area contributed by atoms with Crippen LogP contribution in [0.25, 0.3) is 0 Å². The van der Waals surface area contributed by atoms with E-state index >= 15 is 0 Å². The van der Waals surface area contributed by atoms with Gasteiger partial charge in [-0.1, -0.05) is 6.92 Å². The summed E-state index contributed by atoms with van der Waals surface area (Å²) >= 11 is 0. The van der Waals surface area contributed by atoms with Crippen LogP contribution in [0.4, 0.5) is 5.82 Å². The zero-order chi connectivity index (χ0) is 20.4. The summed E-state index contributed by atoms with van der Waals surface area (Å²) in [6.07, 6.45) is 1.69. The van der Waals surface area contributed by atoms with E-state index in [4.69, 9.17) is 4.74 Å². The number of aromatic nitrogens is 2. The normalized spacial score (nSPS) is 14.6. The Labute approximate surface area is 160 Å². The molecule has 1 aromatic rings. The summed E-state index contributed by atoms with van der Waals surface area (Å²) in [5.74, 6) is 0.158. The third kappa shape index (κ3) is 7.36. The highest BCUT2D eigenvalue weighted by Gasteiger charge is 2.28. The van der Waals surface area contributed by atoms with E-state index in [-0.39, 0.29) is 30.8 Å². The lowest BCUT2D eigenvalue weighted by molar-refractivity contribution is -0.185. The number of rotatable bonds is 7. The van der Waals surface area contributed by atoms with Gasteiger partial charge in [-0.05, 0) is 38.2 Å². The molecule has 27 heavy (non-hydrogen) atoms. The van der Waals surface area contributed by atoms with Crippen molar-refractivity contribution in [2.45, 2.75) is 53.5 Å². The highest BCUT2D eigenvalue weighted by Crippen LogP contribution is 2.24. The van der Waals surface area contributed by atoms with Gasteiger partial charge in [0, 0.05) is 25.6 Å². The first kappa shape index (κ1) is 23.2. The lowest BCUT2D eigenvalue weighted by atomic mass is 10.0. The molecule has 0 fully saturated rings. The van der Waals surface area contributed by atoms with Crippen LogP contribution in [0.15, 0.2) is 6.07 Å². The minimum Gasteiger partial charge on any atom is -0.566 e. The summed E-state index contributed by atoms with van der Waals surface area (Å²) in [4.78, 5) is 35.5. The number of fused-ring (bicyclic) bond motifs is 1. The van der Waals surface area contributed by atoms with Crippen molar-refractivity contribution in [3.05, 3.63) is 11.8 Å². The van der Waals surface area contributed by atoms with E-state index in [1.807, 2.05) is 24.6 Å². The average molecular weight is 401 g/mol. The number of esters is 1. The second kappa shape index (κ2) is 11.8. The van der Waals surface area contributed by atoms with Gasteiger partial charge in [0.25, 0.3) is 0 Å². The Morgan fingerprint density at radius 1 is 1.30 bits per heavy atom. The van der Waals surface area contributed by atoms with Crippen LogP contribution in [0.5, 0.6) is 0 Å². The van der Waals surface area contributed by atoms with Crippen LogP contribution in [-0.2, 0) is 30.0 Å². The van der Waals surface area contributed by atoms with Crippen molar-refractivity contribution in [2.24, 2.45) is 5.92 Å². The third-order valence-corrected chi connectivity index (χ3v) is 4.45. The second-order valence-corrected chi connectivity index (χ2v) is 6.67. The number of nitrogens with zero attached hydrogens (tertiary/aromatic N) is 3. The maximum absolute atomic E-state index is 12.5. The Balaban J connectivity index is 0.000000527. The Hall–Kier alpha value is -1.83. The van der Waals surface area contributed by atoms with Crippen molar-refractivity contribution in [1.82, 2.24) is 9.78 Å². The summed E-state index contributed by atoms with van der Waals surface area (Å²) in [6, 6.07) is 1.92. The minimum absolute atomic E-state index is 0.0317. The van der Waals surface area contributed by atoms with Gasteiger partial charge < -0.3 is 9.63 Å². The van der Waals surface area contributed by atoms with Crippen LogP contribution in [0, 0.1) is 12.8 Å². The first-order valence-corrected chi connectivity index (χ1v) is 10.2. The molecule has 0 radical (unpaired) electrons. The molecule has 1 amide bonds. The molecule has 0 N–H and O–H groups in total. The molecule has 152 valence electrons. The number of amides is 1. The zero-order valence-corrected chi connectivity index (χ0v) is 17.2. The fraction of sp³-hybridized carbons (Fsp3) is 0.706. The van der Waals surface area contributed by atoms with Gasteiger partial charge in [-0.15, -0.1) is 4.52 Å². The molecule has 0 spiro atoms. The Kier molecular flexibility index (Phi) is 10.1. The topological polar surface area (TPSA) is 114 Å². The van der Waals surface area contributed by atoms with E-state index < -0.39 is 8.25 Å². The van der Waals surface area contributed by atoms with Crippen molar-refractivity contribution in [3.8, 4) is 0 Å². The van der Waals surface area contributed by atoms with Gasteiger partial charge in [0.2, 0.25) is 5.91 Å². The molecular formula is C17H28N3O6P. The SMILES string of the molecule is CCOC(=O)C(CC)CC(=O)N1CCCn2nc(C)cc21.CCO[P+](=O)[O-]. The van der Waals surface area contributed by atoms with Gasteiger partial charge in [-0.3, -0.25) is 14.5 Å². The highest BCUT2D eigenvalue weighted by atomic mass is 31.1. The van der Waals surface area contributed by atoms with Crippen LogP contribution in [0.2, 0.25) is 0 Å². The number of anilines is 1. The van der Waals surface area contributed by atoms with Gasteiger partial charge in [0.1, 0.15) is 5.82 Å². The molecule has 1 aliphatic heterocycles. The summed E-state index contributed by atoms with van der Waals surface area (Å²) in [6.45, 7) is 9.31. The Morgan fingerprint density at radius 2 is 2.00 bits per heavy atom. The number of hydrogen-bond donors (Lipinski definition) is 0. The first-order chi connectivity index (χ1) is 12.8. The highest BCUT2D eigenvalue weighted by molar-refractivity contribution is 7.30. The second-order valence-electron chi connectivity index (χ2n) is 5.97. The van der Waals surface area contributed by atoms with E-state index in [9.17, 15) is 19.0 Å². The lowest BCUT2D eigenvalue weighted by Crippen LogP contribution is -2.39. The molecular weight excluding hydrogens is 373 g/mol. The zero-order valence-electron chi connectivity index (χ0n) is 16.3. The molecule has 2 unspecified atom stereocenters. The van der Waals surface area contributed by atoms with Crippen molar-refractivity contribution >= 4 is 25.9 Å². The number of hydrogen-bond acceptors (Lipinski definition) is 7. The fourth-order valence-electron chi connectivity index (χ4n) is 2.74. The molecule has 0 saturated heterocycles. The van der Waals surface area contributed by atoms with E-state index in [0.717, 1.165) is 24.5 Å². The molecule has 0 bridgehead atoms. The number of aryl methyl sites for hydroxylation is 2. The summed E-state index contributed by atoms with van der Waals surface area (Å²) in [5.41, 5.74) is 0.905. The van der Waals surface area contributed by atoms with Crippen LogP contribution in [0.3, 0.4) is 0 Å². The lowest BCUT2D eigenvalue weighted by Gasteiger charge is -2.28. The summed E-state index contributed by atoms with van der Waals surface area (Å²) in [5, 5.41) is 4.38. The van der Waals surface area contributed by atoms with Crippen LogP contribution >= 0.6 is 8.25 Å². The van der Waals surface area contributed by atoms with E-state index in [0.29, 0.717) is 19.6 Å². The molecule has 2 atom stereocenters. The standard InChI is InChI=1S/C15H23N3O3.C2H5O3P/c1-4-12(15(20)21-5-2)10-14(19)17-7-6-8-18-13(17)9-11(3)16-18;1-2-5-6(3)4/h9,12H,4-8,10H2,1-3H3;2H2,1H3. The monoisotopic (exact) mass is 401 g/mol. The molecule has 0 aliphatic carbocycles. The van der Waals surface area contributed by atoms with Crippen molar-refractivity contribution in [2.75, 3.05) is 24.7 Å². The van der Waals surface area contributed by atoms with E-state index in [1.54, 1.807) is 18.7 Å². The number of carbonyl (C=O) groups is 2. The quantitative estimate of drug-likeness (QED) is 0.507. The van der Waals surface area contributed by atoms with Gasteiger partial charge in [-0.2, -0.15) is 5.10 Å². The summed E-state index contributed by atoms with van der Waals surface area (Å²) in [7, 11) is -2.60. The van der Waals surface area contributed by atoms with Crippen molar-refractivity contribution in [1.29, 1.82) is 0 Å². The maximum Gasteiger partial charge on any atom is 0.488 e. The molecule has 2 rings (SSSR count). The van der Waals surface area contributed by atoms with Crippen LogP contribution < -0.4 is 9.79 Å². The number of ether oxygens (including phenoxy) is 1. The van der Waals surface area contributed by atoms with Crippen LogP contribution in [-0.4, -0.2) is 41.4 Å². The van der Waals surface area contributed by atoms with Gasteiger partial charge in [0.15, 0.2) is 0 Å². The molecule has 9 nitrogen and oxygen atoms in total. The fourth-order valence-corrected chi connectivity index (χ4v) is 2.95. The van der Waals surface area contributed by atoms with E-state index in [1.165, 1.54) is 0 Å². The van der Waals surface area contributed by atoms with Crippen molar-refractivity contribution < 1.29 is 28.3 Å². The Morgan fingerprint density at radius 3 is 2.52 bits per heavy atom. The minimum atomic E-state index is -2.60. The summed E-state index contributed by atoms with van der Waals surface area (Å²) < 4.78 is 20.3. The molecule has 0 saturated carbocycles. The molecule has 10 heteroatoms. The van der Waals surface area contributed by atoms with Crippen molar-refractivity contribution in [3.63, 3.8) is 0 Å². The Bertz CT molecular complexity index is 649. The first-order valence-electron chi connectivity index (χ1n) is 9.12. The largest absolute Gasteiger partial charge is 0.566 e. The molecule has 1 aliphatic rings. The third-order valence-electron chi connectivity index (χ3n) is 3.98. The average Bonchev–Trinajstić information content (AvgIpc) is 3.00. The van der Waals surface area contributed by atoms with Gasteiger partial charge in [-0.25, -0.2) is 4.68 Å².